The van der Waals surface area contributed by atoms with E-state index in [4.69, 9.17) is 9.52 Å². The van der Waals surface area contributed by atoms with Crippen LogP contribution < -0.4 is 0 Å². The Labute approximate surface area is 126 Å². The number of benzene rings is 1. The summed E-state index contributed by atoms with van der Waals surface area (Å²) in [4.78, 5) is 11.4. The zero-order valence-corrected chi connectivity index (χ0v) is 12.9. The molecule has 0 aliphatic carbocycles. The molecule has 0 aliphatic heterocycles. The highest BCUT2D eigenvalue weighted by molar-refractivity contribution is 8.00. The molecule has 0 spiro atoms. The van der Waals surface area contributed by atoms with Gasteiger partial charge in [-0.3, -0.25) is 0 Å². The van der Waals surface area contributed by atoms with E-state index in [-0.39, 0.29) is 10.7 Å². The quantitative estimate of drug-likeness (QED) is 0.907. The molecule has 0 radical (unpaired) electrons. The molecule has 112 valence electrons. The van der Waals surface area contributed by atoms with E-state index in [9.17, 15) is 13.2 Å². The normalized spacial score (nSPS) is 11.8. The molecule has 2 rings (SSSR count). The van der Waals surface area contributed by atoms with Gasteiger partial charge in [-0.2, -0.15) is 0 Å². The van der Waals surface area contributed by atoms with Crippen molar-refractivity contribution in [3.63, 3.8) is 0 Å². The minimum atomic E-state index is -3.58. The summed E-state index contributed by atoms with van der Waals surface area (Å²) in [7, 11) is -0.681. The third kappa shape index (κ3) is 3.29. The molecule has 21 heavy (non-hydrogen) atoms. The first kappa shape index (κ1) is 15.6. The van der Waals surface area contributed by atoms with Gasteiger partial charge in [0.1, 0.15) is 0 Å². The van der Waals surface area contributed by atoms with Crippen molar-refractivity contribution in [2.45, 2.75) is 14.9 Å². The van der Waals surface area contributed by atoms with Gasteiger partial charge in [-0.05, 0) is 24.3 Å². The first-order valence-corrected chi connectivity index (χ1v) is 8.10. The molecule has 1 heterocycles. The number of hydrogen-bond donors (Lipinski definition) is 1. The van der Waals surface area contributed by atoms with Crippen LogP contribution in [0.1, 0.15) is 10.6 Å². The lowest BCUT2D eigenvalue weighted by Gasteiger charge is -2.14. The van der Waals surface area contributed by atoms with Gasteiger partial charge in [0, 0.05) is 19.0 Å². The highest BCUT2D eigenvalue weighted by Crippen LogP contribution is 2.34. The Kier molecular flexibility index (Phi) is 4.40. The van der Waals surface area contributed by atoms with E-state index in [1.54, 1.807) is 18.2 Å². The smallest absolute Gasteiger partial charge is 0.371 e. The molecule has 0 amide bonds. The van der Waals surface area contributed by atoms with Crippen LogP contribution in [0.3, 0.4) is 0 Å². The van der Waals surface area contributed by atoms with Crippen LogP contribution in [0.15, 0.2) is 55.7 Å². The maximum atomic E-state index is 12.2. The summed E-state index contributed by atoms with van der Waals surface area (Å²) in [6, 6.07) is 9.30. The summed E-state index contributed by atoms with van der Waals surface area (Å²) in [6.07, 6.45) is 0. The predicted molar refractivity (Wildman–Crippen MR) is 77.1 cm³/mol. The second-order valence-electron chi connectivity index (χ2n) is 4.26. The summed E-state index contributed by atoms with van der Waals surface area (Å²) in [6.45, 7) is 0. The first-order chi connectivity index (χ1) is 9.82. The zero-order chi connectivity index (χ0) is 15.6. The van der Waals surface area contributed by atoms with Gasteiger partial charge in [0.15, 0.2) is 5.09 Å². The molecule has 0 atom stereocenters. The molecule has 0 saturated heterocycles. The summed E-state index contributed by atoms with van der Waals surface area (Å²) in [5.41, 5.74) is 0. The van der Waals surface area contributed by atoms with Gasteiger partial charge in [0.05, 0.1) is 4.90 Å². The number of aromatic carboxylic acids is 1. The van der Waals surface area contributed by atoms with Crippen LogP contribution in [-0.2, 0) is 10.0 Å². The van der Waals surface area contributed by atoms with Crippen LogP contribution in [0, 0.1) is 0 Å². The molecule has 0 saturated carbocycles. The topological polar surface area (TPSA) is 87.8 Å². The molecule has 1 aromatic carbocycles. The van der Waals surface area contributed by atoms with Crippen molar-refractivity contribution in [2.24, 2.45) is 0 Å². The fraction of sp³-hybridized carbons (Fsp3) is 0.154. The number of carboxylic acid groups (broad SMARTS) is 1. The van der Waals surface area contributed by atoms with Gasteiger partial charge < -0.3 is 9.52 Å². The van der Waals surface area contributed by atoms with Gasteiger partial charge in [-0.1, -0.05) is 23.9 Å². The molecular weight excluding hydrogens is 314 g/mol. The van der Waals surface area contributed by atoms with E-state index in [2.05, 4.69) is 0 Å². The number of hydrogen-bond acceptors (Lipinski definition) is 5. The van der Waals surface area contributed by atoms with Crippen LogP contribution in [0.2, 0.25) is 0 Å². The number of rotatable bonds is 5. The number of nitrogens with zero attached hydrogens (tertiary/aromatic N) is 1. The highest BCUT2D eigenvalue weighted by Gasteiger charge is 2.22. The Morgan fingerprint density at radius 3 is 2.43 bits per heavy atom. The van der Waals surface area contributed by atoms with Crippen LogP contribution in [0.25, 0.3) is 0 Å². The van der Waals surface area contributed by atoms with Gasteiger partial charge in [-0.15, -0.1) is 0 Å². The van der Waals surface area contributed by atoms with Crippen molar-refractivity contribution in [3.8, 4) is 0 Å². The summed E-state index contributed by atoms with van der Waals surface area (Å²) < 4.78 is 30.7. The number of sulfonamides is 1. The number of carboxylic acids is 1. The van der Waals surface area contributed by atoms with Crippen molar-refractivity contribution in [1.29, 1.82) is 0 Å². The van der Waals surface area contributed by atoms with Crippen molar-refractivity contribution >= 4 is 27.8 Å². The van der Waals surface area contributed by atoms with Crippen molar-refractivity contribution in [1.82, 2.24) is 4.31 Å². The van der Waals surface area contributed by atoms with Crippen molar-refractivity contribution in [2.75, 3.05) is 14.1 Å². The lowest BCUT2D eigenvalue weighted by atomic mass is 10.4. The molecule has 0 unspecified atom stereocenters. The number of carbonyl (C=O) groups is 1. The van der Waals surface area contributed by atoms with Crippen LogP contribution in [0.5, 0.6) is 0 Å². The van der Waals surface area contributed by atoms with Gasteiger partial charge >= 0.3 is 5.97 Å². The molecule has 8 heteroatoms. The SMILES string of the molecule is CN(C)S(=O)(=O)c1ccccc1Sc1ccc(C(=O)O)o1. The van der Waals surface area contributed by atoms with Gasteiger partial charge in [0.2, 0.25) is 15.8 Å². The van der Waals surface area contributed by atoms with E-state index in [0.717, 1.165) is 16.1 Å². The summed E-state index contributed by atoms with van der Waals surface area (Å²) in [5.74, 6) is -1.36. The summed E-state index contributed by atoms with van der Waals surface area (Å²) >= 11 is 1.06. The second kappa shape index (κ2) is 5.92. The third-order valence-corrected chi connectivity index (χ3v) is 5.61. The molecule has 0 aliphatic rings. The van der Waals surface area contributed by atoms with Gasteiger partial charge in [0.25, 0.3) is 0 Å². The Hall–Kier alpha value is -1.77. The van der Waals surface area contributed by atoms with E-state index < -0.39 is 16.0 Å². The van der Waals surface area contributed by atoms with Gasteiger partial charge in [-0.25, -0.2) is 17.5 Å². The molecule has 2 aromatic rings. The van der Waals surface area contributed by atoms with Crippen LogP contribution >= 0.6 is 11.8 Å². The Morgan fingerprint density at radius 1 is 1.19 bits per heavy atom. The Balaban J connectivity index is 2.39. The van der Waals surface area contributed by atoms with Crippen LogP contribution in [-0.4, -0.2) is 37.9 Å². The first-order valence-electron chi connectivity index (χ1n) is 5.85. The zero-order valence-electron chi connectivity index (χ0n) is 11.3. The summed E-state index contributed by atoms with van der Waals surface area (Å²) in [5, 5.41) is 9.13. The molecule has 0 bridgehead atoms. The Morgan fingerprint density at radius 2 is 1.86 bits per heavy atom. The van der Waals surface area contributed by atoms with Crippen molar-refractivity contribution in [3.05, 3.63) is 42.2 Å². The lowest BCUT2D eigenvalue weighted by Crippen LogP contribution is -2.22. The minimum absolute atomic E-state index is 0.147. The van der Waals surface area contributed by atoms with E-state index >= 15 is 0 Å². The molecule has 0 fully saturated rings. The number of furan rings is 1. The maximum absolute atomic E-state index is 12.2. The lowest BCUT2D eigenvalue weighted by molar-refractivity contribution is 0.0656. The van der Waals surface area contributed by atoms with E-state index in [1.807, 2.05) is 0 Å². The van der Waals surface area contributed by atoms with Crippen molar-refractivity contribution < 1.29 is 22.7 Å². The average Bonchev–Trinajstić information content (AvgIpc) is 2.87. The fourth-order valence-corrected chi connectivity index (χ4v) is 3.75. The van der Waals surface area contributed by atoms with Crippen LogP contribution in [0.4, 0.5) is 0 Å². The van der Waals surface area contributed by atoms with E-state index in [0.29, 0.717) is 9.99 Å². The van der Waals surface area contributed by atoms with E-state index in [1.165, 1.54) is 32.3 Å². The predicted octanol–water partition coefficient (Wildman–Crippen LogP) is 2.38. The molecule has 1 aromatic heterocycles. The molecule has 1 N–H and O–H groups in total. The standard InChI is InChI=1S/C13H13NO5S2/c1-14(2)21(17,18)11-6-4-3-5-10(11)20-12-8-7-9(19-12)13(15)16/h3-8H,1-2H3,(H,15,16). The maximum Gasteiger partial charge on any atom is 0.371 e. The largest absolute Gasteiger partial charge is 0.475 e. The minimum Gasteiger partial charge on any atom is -0.475 e. The second-order valence-corrected chi connectivity index (χ2v) is 7.43. The fourth-order valence-electron chi connectivity index (χ4n) is 1.54. The third-order valence-electron chi connectivity index (χ3n) is 2.61. The molecule has 6 nitrogen and oxygen atoms in total. The Bertz CT molecular complexity index is 764. The molecular formula is C13H13NO5S2. The monoisotopic (exact) mass is 327 g/mol. The highest BCUT2D eigenvalue weighted by atomic mass is 32.2. The average molecular weight is 327 g/mol.